The molecule has 0 aromatic carbocycles. The maximum atomic E-state index is 10.6. The first-order valence-corrected chi connectivity index (χ1v) is 3.53. The Hall–Kier alpha value is -0.700. The van der Waals surface area contributed by atoms with Gasteiger partial charge >= 0.3 is 0 Å². The molecule has 3 nitrogen and oxygen atoms in total. The van der Waals surface area contributed by atoms with Crippen molar-refractivity contribution in [1.82, 2.24) is 0 Å². The van der Waals surface area contributed by atoms with Crippen LogP contribution in [0.25, 0.3) is 0 Å². The molecule has 0 radical (unpaired) electrons. The summed E-state index contributed by atoms with van der Waals surface area (Å²) < 4.78 is 5.02. The summed E-state index contributed by atoms with van der Waals surface area (Å²) in [7, 11) is 1.46. The number of carbonyl (C=O) groups excluding carboxylic acids is 2. The molecule has 2 atom stereocenters. The molecular weight excluding hydrogens is 144 g/mol. The maximum absolute atomic E-state index is 10.6. The standard InChI is InChI=1S/C8H12O3/c1-7(2)6(4-9)8(7,5-10)11-3/h4-6H,1-3H3. The third kappa shape index (κ3) is 0.717. The Morgan fingerprint density at radius 2 is 1.91 bits per heavy atom. The Kier molecular flexibility index (Phi) is 1.63. The van der Waals surface area contributed by atoms with E-state index in [9.17, 15) is 9.59 Å². The zero-order valence-electron chi connectivity index (χ0n) is 6.96. The van der Waals surface area contributed by atoms with Gasteiger partial charge in [0.25, 0.3) is 0 Å². The molecule has 0 saturated heterocycles. The van der Waals surface area contributed by atoms with E-state index in [0.29, 0.717) is 0 Å². The van der Waals surface area contributed by atoms with Gasteiger partial charge in [0.15, 0.2) is 6.29 Å². The largest absolute Gasteiger partial charge is 0.369 e. The first kappa shape index (κ1) is 8.40. The molecule has 1 aliphatic carbocycles. The van der Waals surface area contributed by atoms with Gasteiger partial charge in [-0.1, -0.05) is 13.8 Å². The highest BCUT2D eigenvalue weighted by Crippen LogP contribution is 2.61. The Morgan fingerprint density at radius 3 is 2.00 bits per heavy atom. The van der Waals surface area contributed by atoms with Crippen molar-refractivity contribution in [3.63, 3.8) is 0 Å². The number of methoxy groups -OCH3 is 1. The van der Waals surface area contributed by atoms with Crippen molar-refractivity contribution >= 4 is 12.6 Å². The first-order chi connectivity index (χ1) is 5.06. The summed E-state index contributed by atoms with van der Waals surface area (Å²) in [5.41, 5.74) is -1.18. The summed E-state index contributed by atoms with van der Waals surface area (Å²) >= 11 is 0. The van der Waals surface area contributed by atoms with Crippen LogP contribution in [0.4, 0.5) is 0 Å². The molecule has 11 heavy (non-hydrogen) atoms. The van der Waals surface area contributed by atoms with Gasteiger partial charge in [-0.3, -0.25) is 0 Å². The van der Waals surface area contributed by atoms with E-state index in [2.05, 4.69) is 0 Å². The monoisotopic (exact) mass is 156 g/mol. The van der Waals surface area contributed by atoms with Gasteiger partial charge in [0.2, 0.25) is 0 Å². The molecule has 0 N–H and O–H groups in total. The molecule has 62 valence electrons. The predicted octanol–water partition coefficient (Wildman–Crippen LogP) is 0.425. The molecular formula is C8H12O3. The van der Waals surface area contributed by atoms with Gasteiger partial charge in [-0.25, -0.2) is 0 Å². The zero-order valence-corrected chi connectivity index (χ0v) is 6.96. The normalized spacial score (nSPS) is 39.7. The average Bonchev–Trinajstić information content (AvgIpc) is 2.47. The fourth-order valence-electron chi connectivity index (χ4n) is 1.73. The number of ether oxygens (including phenoxy) is 1. The number of rotatable bonds is 3. The van der Waals surface area contributed by atoms with Crippen LogP contribution in [0.2, 0.25) is 0 Å². The Morgan fingerprint density at radius 1 is 1.36 bits per heavy atom. The van der Waals surface area contributed by atoms with Crippen molar-refractivity contribution in [1.29, 1.82) is 0 Å². The van der Waals surface area contributed by atoms with Crippen LogP contribution in [-0.4, -0.2) is 25.3 Å². The van der Waals surface area contributed by atoms with Gasteiger partial charge in [-0.2, -0.15) is 0 Å². The molecule has 0 aromatic rings. The maximum Gasteiger partial charge on any atom is 0.153 e. The van der Waals surface area contributed by atoms with E-state index in [1.807, 2.05) is 13.8 Å². The highest BCUT2D eigenvalue weighted by Gasteiger charge is 2.72. The van der Waals surface area contributed by atoms with E-state index in [-0.39, 0.29) is 11.3 Å². The second kappa shape index (κ2) is 2.14. The van der Waals surface area contributed by atoms with E-state index in [4.69, 9.17) is 4.74 Å². The Labute approximate surface area is 65.7 Å². The van der Waals surface area contributed by atoms with E-state index in [1.165, 1.54) is 7.11 Å². The fraction of sp³-hybridized carbons (Fsp3) is 0.750. The van der Waals surface area contributed by atoms with E-state index < -0.39 is 5.60 Å². The van der Waals surface area contributed by atoms with Gasteiger partial charge in [0.1, 0.15) is 11.9 Å². The van der Waals surface area contributed by atoms with Crippen molar-refractivity contribution in [3.05, 3.63) is 0 Å². The minimum atomic E-state index is -0.852. The van der Waals surface area contributed by atoms with Crippen LogP contribution < -0.4 is 0 Å². The lowest BCUT2D eigenvalue weighted by Gasteiger charge is -2.09. The topological polar surface area (TPSA) is 43.4 Å². The molecule has 1 fully saturated rings. The van der Waals surface area contributed by atoms with Crippen LogP contribution in [0.5, 0.6) is 0 Å². The summed E-state index contributed by atoms with van der Waals surface area (Å²) in [5.74, 6) is -0.280. The smallest absolute Gasteiger partial charge is 0.153 e. The predicted molar refractivity (Wildman–Crippen MR) is 39.1 cm³/mol. The molecule has 1 aliphatic rings. The summed E-state index contributed by atoms with van der Waals surface area (Å²) in [6.45, 7) is 3.70. The fourth-order valence-corrected chi connectivity index (χ4v) is 1.73. The van der Waals surface area contributed by atoms with Crippen LogP contribution in [0.15, 0.2) is 0 Å². The van der Waals surface area contributed by atoms with Gasteiger partial charge in [0.05, 0.1) is 5.92 Å². The molecule has 0 bridgehead atoms. The van der Waals surface area contributed by atoms with E-state index in [1.54, 1.807) is 0 Å². The quantitative estimate of drug-likeness (QED) is 0.556. The van der Waals surface area contributed by atoms with Crippen molar-refractivity contribution < 1.29 is 14.3 Å². The number of hydrogen-bond donors (Lipinski definition) is 0. The third-order valence-electron chi connectivity index (χ3n) is 2.81. The average molecular weight is 156 g/mol. The minimum absolute atomic E-state index is 0.280. The molecule has 3 heteroatoms. The SMILES string of the molecule is COC1(C=O)C(C=O)C1(C)C. The molecule has 0 amide bonds. The molecule has 0 aliphatic heterocycles. The second-order valence-electron chi connectivity index (χ2n) is 3.45. The lowest BCUT2D eigenvalue weighted by atomic mass is 10.1. The van der Waals surface area contributed by atoms with Crippen molar-refractivity contribution in [2.75, 3.05) is 7.11 Å². The van der Waals surface area contributed by atoms with Gasteiger partial charge in [-0.05, 0) is 0 Å². The molecule has 1 saturated carbocycles. The van der Waals surface area contributed by atoms with E-state index in [0.717, 1.165) is 12.6 Å². The highest BCUT2D eigenvalue weighted by molar-refractivity contribution is 5.82. The lowest BCUT2D eigenvalue weighted by molar-refractivity contribution is -0.123. The van der Waals surface area contributed by atoms with Gasteiger partial charge in [0, 0.05) is 12.5 Å². The summed E-state index contributed by atoms with van der Waals surface area (Å²) in [6, 6.07) is 0. The lowest BCUT2D eigenvalue weighted by Crippen LogP contribution is -2.21. The van der Waals surface area contributed by atoms with Crippen LogP contribution in [0.3, 0.4) is 0 Å². The van der Waals surface area contributed by atoms with Crippen LogP contribution >= 0.6 is 0 Å². The number of hydrogen-bond acceptors (Lipinski definition) is 3. The highest BCUT2D eigenvalue weighted by atomic mass is 16.5. The third-order valence-corrected chi connectivity index (χ3v) is 2.81. The molecule has 1 rings (SSSR count). The summed E-state index contributed by atoms with van der Waals surface area (Å²) in [4.78, 5) is 21.1. The molecule has 2 unspecified atom stereocenters. The first-order valence-electron chi connectivity index (χ1n) is 3.53. The van der Waals surface area contributed by atoms with Crippen LogP contribution in [0.1, 0.15) is 13.8 Å². The zero-order chi connectivity index (χ0) is 8.70. The Bertz CT molecular complexity index is 198. The van der Waals surface area contributed by atoms with Gasteiger partial charge < -0.3 is 14.3 Å². The van der Waals surface area contributed by atoms with Crippen molar-refractivity contribution in [2.45, 2.75) is 19.4 Å². The van der Waals surface area contributed by atoms with E-state index >= 15 is 0 Å². The van der Waals surface area contributed by atoms with Crippen molar-refractivity contribution in [3.8, 4) is 0 Å². The minimum Gasteiger partial charge on any atom is -0.369 e. The molecule has 0 aromatic heterocycles. The second-order valence-corrected chi connectivity index (χ2v) is 3.45. The van der Waals surface area contributed by atoms with Crippen LogP contribution in [-0.2, 0) is 14.3 Å². The Balaban J connectivity index is 2.91. The molecule has 0 spiro atoms. The summed E-state index contributed by atoms with van der Waals surface area (Å²) in [5, 5.41) is 0. The summed E-state index contributed by atoms with van der Waals surface area (Å²) in [6.07, 6.45) is 1.52. The number of aldehydes is 2. The van der Waals surface area contributed by atoms with Crippen molar-refractivity contribution in [2.24, 2.45) is 11.3 Å². The molecule has 0 heterocycles. The van der Waals surface area contributed by atoms with Crippen LogP contribution in [0, 0.1) is 11.3 Å². The van der Waals surface area contributed by atoms with Gasteiger partial charge in [-0.15, -0.1) is 0 Å². The number of carbonyl (C=O) groups is 2.